The molecule has 0 unspecified atom stereocenters. The lowest BCUT2D eigenvalue weighted by molar-refractivity contribution is -0.658. The van der Waals surface area contributed by atoms with Gasteiger partial charge in [-0.3, -0.25) is 4.90 Å². The molecule has 2 aliphatic rings. The van der Waals surface area contributed by atoms with Crippen LogP contribution in [0.3, 0.4) is 0 Å². The molecule has 6 nitrogen and oxygen atoms in total. The molecule has 3 aromatic heterocycles. The summed E-state index contributed by atoms with van der Waals surface area (Å²) in [4.78, 5) is 12.4. The second kappa shape index (κ2) is 6.88. The number of para-hydroxylation sites is 1. The van der Waals surface area contributed by atoms with Crippen LogP contribution < -0.4 is 35.4 Å². The molecule has 0 aliphatic carbocycles. The van der Waals surface area contributed by atoms with Gasteiger partial charge in [0.25, 0.3) is 0 Å². The molecule has 0 amide bonds. The fraction of sp³-hybridized carbons (Fsp3) is 0.231. The quantitative estimate of drug-likeness (QED) is 0.292. The third kappa shape index (κ3) is 2.88. The van der Waals surface area contributed by atoms with Gasteiger partial charge in [0.2, 0.25) is 5.88 Å². The van der Waals surface area contributed by atoms with Gasteiger partial charge in [0.05, 0.1) is 5.46 Å². The molecule has 0 radical (unpaired) electrons. The van der Waals surface area contributed by atoms with Crippen LogP contribution in [0.2, 0.25) is 0 Å². The minimum atomic E-state index is -0.226. The highest BCUT2D eigenvalue weighted by Gasteiger charge is 2.54. The predicted octanol–water partition coefficient (Wildman–Crippen LogP) is 1.83. The Kier molecular flexibility index (Phi) is 4.15. The molecule has 0 bridgehead atoms. The zero-order valence-corrected chi connectivity index (χ0v) is 19.6. The van der Waals surface area contributed by atoms with Gasteiger partial charge in [-0.05, 0) is 24.3 Å². The molecule has 162 valence electrons. The second-order valence-corrected chi connectivity index (χ2v) is 9.80. The van der Waals surface area contributed by atoms with Crippen LogP contribution in [0.4, 0.5) is 17.2 Å². The minimum Gasteiger partial charge on any atom is -0.434 e. The zero-order chi connectivity index (χ0) is 22.9. The van der Waals surface area contributed by atoms with Crippen molar-refractivity contribution in [3.63, 3.8) is 0 Å². The van der Waals surface area contributed by atoms with Gasteiger partial charge < -0.3 is 4.74 Å². The van der Waals surface area contributed by atoms with E-state index in [0.717, 1.165) is 39.8 Å². The van der Waals surface area contributed by atoms with Crippen LogP contribution >= 0.6 is 0 Å². The molecule has 1 aromatic carbocycles. The highest BCUT2D eigenvalue weighted by molar-refractivity contribution is 6.97. The van der Waals surface area contributed by atoms with Crippen LogP contribution in [0.25, 0.3) is 0 Å². The summed E-state index contributed by atoms with van der Waals surface area (Å²) in [6, 6.07) is 18.7. The van der Waals surface area contributed by atoms with Gasteiger partial charge in [-0.2, -0.15) is 4.98 Å². The summed E-state index contributed by atoms with van der Waals surface area (Å²) in [6.45, 7) is 6.37. The van der Waals surface area contributed by atoms with Gasteiger partial charge in [-0.25, -0.2) is 14.1 Å². The van der Waals surface area contributed by atoms with Crippen molar-refractivity contribution in [1.29, 1.82) is 0 Å². The fourth-order valence-corrected chi connectivity index (χ4v) is 4.91. The normalized spacial score (nSPS) is 13.7. The number of hydrogen-bond acceptors (Lipinski definition) is 4. The highest BCUT2D eigenvalue weighted by atomic mass is 16.5. The van der Waals surface area contributed by atoms with E-state index in [1.807, 2.05) is 18.2 Å². The number of pyridine rings is 2. The topological polar surface area (TPSA) is 46.0 Å². The Bertz CT molecular complexity index is 1410. The Labute approximate surface area is 194 Å². The smallest absolute Gasteiger partial charge is 0.422 e. The van der Waals surface area contributed by atoms with E-state index < -0.39 is 0 Å². The number of aryl methyl sites for hydroxylation is 2. The maximum absolute atomic E-state index is 6.47. The Morgan fingerprint density at radius 3 is 2.27 bits per heavy atom. The molecular weight excluding hydrogens is 409 g/mol. The van der Waals surface area contributed by atoms with Crippen molar-refractivity contribution in [2.75, 3.05) is 4.90 Å². The number of aromatic nitrogens is 4. The first-order valence-electron chi connectivity index (χ1n) is 11.3. The monoisotopic (exact) mass is 435 g/mol. The number of nitrogens with zero attached hydrogens (tertiary/aromatic N) is 5. The third-order valence-electron chi connectivity index (χ3n) is 6.47. The van der Waals surface area contributed by atoms with E-state index in [4.69, 9.17) is 14.7 Å². The van der Waals surface area contributed by atoms with Crippen LogP contribution in [0, 0.1) is 0 Å². The molecule has 5 heterocycles. The van der Waals surface area contributed by atoms with Crippen molar-refractivity contribution in [2.24, 2.45) is 14.1 Å². The molecule has 2 aliphatic heterocycles. The summed E-state index contributed by atoms with van der Waals surface area (Å²) in [5, 5.41) is 0. The lowest BCUT2D eigenvalue weighted by Gasteiger charge is -2.35. The molecule has 33 heavy (non-hydrogen) atoms. The van der Waals surface area contributed by atoms with Crippen LogP contribution in [0.1, 0.15) is 26.6 Å². The van der Waals surface area contributed by atoms with Gasteiger partial charge in [0.1, 0.15) is 31.4 Å². The number of hydrogen-bond donors (Lipinski definition) is 0. The molecule has 0 spiro atoms. The molecular formula is C26H26BN5O+2. The van der Waals surface area contributed by atoms with Gasteiger partial charge in [-0.1, -0.05) is 39.0 Å². The Morgan fingerprint density at radius 2 is 1.55 bits per heavy atom. The maximum Gasteiger partial charge on any atom is 0.422 e. The average Bonchev–Trinajstić information content (AvgIpc) is 2.78. The summed E-state index contributed by atoms with van der Waals surface area (Å²) >= 11 is 0. The number of ether oxygens (including phenoxy) is 1. The average molecular weight is 435 g/mol. The van der Waals surface area contributed by atoms with Crippen molar-refractivity contribution in [3.05, 3.63) is 72.8 Å². The first-order chi connectivity index (χ1) is 15.8. The fourth-order valence-electron chi connectivity index (χ4n) is 4.91. The van der Waals surface area contributed by atoms with Crippen molar-refractivity contribution in [1.82, 2.24) is 9.97 Å². The second-order valence-electron chi connectivity index (χ2n) is 9.80. The first-order valence-corrected chi connectivity index (χ1v) is 11.3. The summed E-state index contributed by atoms with van der Waals surface area (Å²) < 4.78 is 10.8. The van der Waals surface area contributed by atoms with Gasteiger partial charge in [-0.15, -0.1) is 0 Å². The lowest BCUT2D eigenvalue weighted by Crippen LogP contribution is -2.74. The summed E-state index contributed by atoms with van der Waals surface area (Å²) in [5.41, 5.74) is 5.26. The molecule has 0 fully saturated rings. The van der Waals surface area contributed by atoms with E-state index >= 15 is 0 Å². The number of rotatable bonds is 1. The van der Waals surface area contributed by atoms with E-state index in [2.05, 4.69) is 97.7 Å². The number of anilines is 3. The van der Waals surface area contributed by atoms with E-state index in [9.17, 15) is 0 Å². The number of fused-ring (bicyclic) bond motifs is 4. The SMILES string of the molecule is C[n+]1cccc2c1B1c3c(nc(C(C)(C)C)nc3N(c3ccccc3)c3ccc[n+](C)c31)O2. The molecule has 4 aromatic rings. The molecule has 6 rings (SSSR count). The third-order valence-corrected chi connectivity index (χ3v) is 6.47. The minimum absolute atomic E-state index is 0.0415. The van der Waals surface area contributed by atoms with Crippen molar-refractivity contribution < 1.29 is 13.9 Å². The van der Waals surface area contributed by atoms with E-state index in [1.165, 1.54) is 5.59 Å². The van der Waals surface area contributed by atoms with Gasteiger partial charge in [0.15, 0.2) is 29.3 Å². The molecule has 0 saturated carbocycles. The largest absolute Gasteiger partial charge is 0.434 e. The molecule has 0 N–H and O–H groups in total. The van der Waals surface area contributed by atoms with E-state index in [1.54, 1.807) is 0 Å². The standard InChI is InChI=1S/C26H26BN5O/c1-26(2,3)25-28-23-20-24(29-25)33-19-14-10-16-31(5)22(19)27(20)21-18(13-9-15-30(21)4)32(23)17-11-7-6-8-12-17/h6-16H,1-5H3/q+2. The van der Waals surface area contributed by atoms with Gasteiger partial charge in [0, 0.05) is 23.2 Å². The molecule has 0 saturated heterocycles. The summed E-state index contributed by atoms with van der Waals surface area (Å²) in [7, 11) is 4.18. The van der Waals surface area contributed by atoms with Crippen LogP contribution in [-0.4, -0.2) is 16.7 Å². The van der Waals surface area contributed by atoms with E-state index in [0.29, 0.717) is 5.88 Å². The van der Waals surface area contributed by atoms with Crippen LogP contribution in [0.15, 0.2) is 67.0 Å². The molecule has 0 atom stereocenters. The number of benzene rings is 1. The van der Waals surface area contributed by atoms with Crippen molar-refractivity contribution >= 4 is 40.6 Å². The Morgan fingerprint density at radius 1 is 0.848 bits per heavy atom. The summed E-state index contributed by atoms with van der Waals surface area (Å²) in [5.74, 6) is 3.13. The van der Waals surface area contributed by atoms with Crippen molar-refractivity contribution in [2.45, 2.75) is 26.2 Å². The lowest BCUT2D eigenvalue weighted by atomic mass is 9.37. The Hall–Kier alpha value is -3.74. The predicted molar refractivity (Wildman–Crippen MR) is 129 cm³/mol. The van der Waals surface area contributed by atoms with E-state index in [-0.39, 0.29) is 12.1 Å². The van der Waals surface area contributed by atoms with Crippen LogP contribution in [-0.2, 0) is 19.5 Å². The Balaban J connectivity index is 1.76. The van der Waals surface area contributed by atoms with Crippen LogP contribution in [0.5, 0.6) is 11.6 Å². The highest BCUT2D eigenvalue weighted by Crippen LogP contribution is 2.38. The zero-order valence-electron chi connectivity index (χ0n) is 19.6. The first kappa shape index (κ1) is 19.9. The summed E-state index contributed by atoms with van der Waals surface area (Å²) in [6.07, 6.45) is 4.18. The van der Waals surface area contributed by atoms with Gasteiger partial charge >= 0.3 is 6.71 Å². The molecule has 7 heteroatoms. The maximum atomic E-state index is 6.47. The van der Waals surface area contributed by atoms with Crippen molar-refractivity contribution in [3.8, 4) is 11.6 Å².